The molecule has 0 amide bonds. The molecule has 4 nitrogen and oxygen atoms in total. The Morgan fingerprint density at radius 2 is 1.95 bits per heavy atom. The lowest BCUT2D eigenvalue weighted by molar-refractivity contribution is -0.145. The zero-order valence-corrected chi connectivity index (χ0v) is 12.1. The fourth-order valence-electron chi connectivity index (χ4n) is 3.53. The monoisotopic (exact) mass is 269 g/mol. The molecule has 0 spiro atoms. The van der Waals surface area contributed by atoms with Crippen LogP contribution in [-0.4, -0.2) is 46.3 Å². The van der Waals surface area contributed by atoms with Crippen LogP contribution in [-0.2, 0) is 4.79 Å². The Balaban J connectivity index is 1.82. The quantitative estimate of drug-likeness (QED) is 0.819. The molecule has 1 atom stereocenters. The van der Waals surface area contributed by atoms with Gasteiger partial charge >= 0.3 is 5.97 Å². The van der Waals surface area contributed by atoms with Crippen LogP contribution in [0.4, 0.5) is 0 Å². The van der Waals surface area contributed by atoms with Gasteiger partial charge in [0.25, 0.3) is 0 Å². The normalized spacial score (nSPS) is 36.8. The van der Waals surface area contributed by atoms with Gasteiger partial charge in [-0.3, -0.25) is 4.79 Å². The summed E-state index contributed by atoms with van der Waals surface area (Å²) >= 11 is 0. The summed E-state index contributed by atoms with van der Waals surface area (Å²) in [6, 6.07) is 0. The lowest BCUT2D eigenvalue weighted by Crippen LogP contribution is -2.45. The first-order valence-electron chi connectivity index (χ1n) is 7.57. The summed E-state index contributed by atoms with van der Waals surface area (Å²) in [6.45, 7) is 7.42. The van der Waals surface area contributed by atoms with Gasteiger partial charge in [0.15, 0.2) is 0 Å². The van der Waals surface area contributed by atoms with Crippen molar-refractivity contribution >= 4 is 5.97 Å². The van der Waals surface area contributed by atoms with Crippen molar-refractivity contribution in [3.8, 4) is 0 Å². The number of hydrogen-bond donors (Lipinski definition) is 2. The van der Waals surface area contributed by atoms with Crippen molar-refractivity contribution in [2.75, 3.05) is 19.6 Å². The molecule has 2 N–H and O–H groups in total. The molecule has 0 radical (unpaired) electrons. The number of β-amino-alcohol motifs (C(OH)–C–C–N with tert-alkyl or cyclic N) is 1. The summed E-state index contributed by atoms with van der Waals surface area (Å²) in [5, 5.41) is 19.6. The molecular formula is C15H27NO3. The molecule has 1 aliphatic heterocycles. The van der Waals surface area contributed by atoms with Crippen molar-refractivity contribution in [3.05, 3.63) is 0 Å². The Labute approximate surface area is 115 Å². The van der Waals surface area contributed by atoms with Crippen LogP contribution in [0.5, 0.6) is 0 Å². The number of likely N-dealkylation sites (tertiary alicyclic amines) is 1. The molecule has 4 heteroatoms. The maximum absolute atomic E-state index is 10.9. The highest BCUT2D eigenvalue weighted by atomic mass is 16.4. The average Bonchev–Trinajstić information content (AvgIpc) is 2.77. The molecule has 1 unspecified atom stereocenters. The van der Waals surface area contributed by atoms with Gasteiger partial charge in [-0.05, 0) is 50.5 Å². The van der Waals surface area contributed by atoms with E-state index in [4.69, 9.17) is 5.11 Å². The van der Waals surface area contributed by atoms with Crippen LogP contribution < -0.4 is 0 Å². The summed E-state index contributed by atoms with van der Waals surface area (Å²) in [4.78, 5) is 13.3. The molecule has 0 aromatic carbocycles. The topological polar surface area (TPSA) is 60.8 Å². The number of aliphatic hydroxyl groups is 1. The molecule has 0 aromatic rings. The van der Waals surface area contributed by atoms with E-state index in [1.165, 1.54) is 6.42 Å². The van der Waals surface area contributed by atoms with Crippen molar-refractivity contribution in [1.82, 2.24) is 4.90 Å². The second-order valence-corrected chi connectivity index (χ2v) is 6.86. The minimum atomic E-state index is -0.705. The Kier molecular flexibility index (Phi) is 4.51. The van der Waals surface area contributed by atoms with Gasteiger partial charge in [0, 0.05) is 13.1 Å². The summed E-state index contributed by atoms with van der Waals surface area (Å²) in [6.07, 6.45) is 3.73. The molecule has 0 bridgehead atoms. The highest BCUT2D eigenvalue weighted by molar-refractivity contribution is 5.70. The largest absolute Gasteiger partial charge is 0.481 e. The predicted octanol–water partition coefficient (Wildman–Crippen LogP) is 1.97. The minimum absolute atomic E-state index is 0.248. The van der Waals surface area contributed by atoms with Gasteiger partial charge in [-0.15, -0.1) is 0 Å². The van der Waals surface area contributed by atoms with Crippen LogP contribution in [0.1, 0.15) is 46.0 Å². The first-order chi connectivity index (χ1) is 8.89. The molecule has 2 fully saturated rings. The van der Waals surface area contributed by atoms with Gasteiger partial charge in [-0.1, -0.05) is 13.8 Å². The van der Waals surface area contributed by atoms with Crippen LogP contribution >= 0.6 is 0 Å². The zero-order valence-electron chi connectivity index (χ0n) is 12.1. The van der Waals surface area contributed by atoms with Crippen LogP contribution in [0.15, 0.2) is 0 Å². The third-order valence-electron chi connectivity index (χ3n) is 5.04. The average molecular weight is 269 g/mol. The van der Waals surface area contributed by atoms with E-state index in [2.05, 4.69) is 18.7 Å². The maximum atomic E-state index is 10.9. The van der Waals surface area contributed by atoms with E-state index in [0.29, 0.717) is 31.6 Å². The van der Waals surface area contributed by atoms with E-state index in [-0.39, 0.29) is 5.92 Å². The van der Waals surface area contributed by atoms with Crippen molar-refractivity contribution in [2.45, 2.75) is 51.6 Å². The minimum Gasteiger partial charge on any atom is -0.481 e. The van der Waals surface area contributed by atoms with Gasteiger partial charge in [0.05, 0.1) is 11.5 Å². The standard InChI is InChI=1S/C15H27NO3/c1-11(2)13-5-8-16(9-13)10-15(19)6-3-12(4-7-15)14(17)18/h11-13,19H,3-10H2,1-2H3,(H,17,18). The SMILES string of the molecule is CC(C)C1CCN(CC2(O)CCC(C(=O)O)CC2)C1. The first kappa shape index (κ1) is 14.8. The van der Waals surface area contributed by atoms with E-state index in [0.717, 1.165) is 25.6 Å². The van der Waals surface area contributed by atoms with Crippen molar-refractivity contribution in [3.63, 3.8) is 0 Å². The Morgan fingerprint density at radius 3 is 2.42 bits per heavy atom. The highest BCUT2D eigenvalue weighted by Gasteiger charge is 2.38. The molecular weight excluding hydrogens is 242 g/mol. The molecule has 2 aliphatic rings. The number of hydrogen-bond acceptors (Lipinski definition) is 3. The molecule has 0 aromatic heterocycles. The van der Waals surface area contributed by atoms with Crippen molar-refractivity contribution in [2.24, 2.45) is 17.8 Å². The molecule has 1 saturated heterocycles. The number of rotatable bonds is 4. The van der Waals surface area contributed by atoms with Gasteiger partial charge in [-0.25, -0.2) is 0 Å². The van der Waals surface area contributed by atoms with Gasteiger partial charge < -0.3 is 15.1 Å². The van der Waals surface area contributed by atoms with Crippen molar-refractivity contribution < 1.29 is 15.0 Å². The molecule has 2 rings (SSSR count). The van der Waals surface area contributed by atoms with E-state index >= 15 is 0 Å². The Bertz CT molecular complexity index is 321. The predicted molar refractivity (Wildman–Crippen MR) is 73.9 cm³/mol. The van der Waals surface area contributed by atoms with Gasteiger partial charge in [-0.2, -0.15) is 0 Å². The fraction of sp³-hybridized carbons (Fsp3) is 0.933. The lowest BCUT2D eigenvalue weighted by Gasteiger charge is -2.37. The van der Waals surface area contributed by atoms with E-state index in [1.807, 2.05) is 0 Å². The number of carbonyl (C=O) groups is 1. The Morgan fingerprint density at radius 1 is 1.32 bits per heavy atom. The number of nitrogens with zero attached hydrogens (tertiary/aromatic N) is 1. The second kappa shape index (κ2) is 5.80. The van der Waals surface area contributed by atoms with Crippen LogP contribution in [0.2, 0.25) is 0 Å². The molecule has 1 aliphatic carbocycles. The third kappa shape index (κ3) is 3.69. The summed E-state index contributed by atoms with van der Waals surface area (Å²) in [5.74, 6) is 0.506. The molecule has 110 valence electrons. The zero-order chi connectivity index (χ0) is 14.0. The smallest absolute Gasteiger partial charge is 0.306 e. The second-order valence-electron chi connectivity index (χ2n) is 6.86. The van der Waals surface area contributed by atoms with Crippen LogP contribution in [0.25, 0.3) is 0 Å². The number of aliphatic carboxylic acids is 1. The van der Waals surface area contributed by atoms with Gasteiger partial charge in [0.2, 0.25) is 0 Å². The third-order valence-corrected chi connectivity index (χ3v) is 5.04. The van der Waals surface area contributed by atoms with Gasteiger partial charge in [0.1, 0.15) is 0 Å². The van der Waals surface area contributed by atoms with E-state index in [1.54, 1.807) is 0 Å². The molecule has 19 heavy (non-hydrogen) atoms. The van der Waals surface area contributed by atoms with Crippen molar-refractivity contribution in [1.29, 1.82) is 0 Å². The lowest BCUT2D eigenvalue weighted by atomic mass is 9.78. The fourth-order valence-corrected chi connectivity index (χ4v) is 3.53. The Hall–Kier alpha value is -0.610. The van der Waals surface area contributed by atoms with Crippen LogP contribution in [0, 0.1) is 17.8 Å². The summed E-state index contributed by atoms with van der Waals surface area (Å²) in [7, 11) is 0. The number of carboxylic acid groups (broad SMARTS) is 1. The highest BCUT2D eigenvalue weighted by Crippen LogP contribution is 2.34. The maximum Gasteiger partial charge on any atom is 0.306 e. The van der Waals surface area contributed by atoms with E-state index < -0.39 is 11.6 Å². The summed E-state index contributed by atoms with van der Waals surface area (Å²) in [5.41, 5.74) is -0.655. The van der Waals surface area contributed by atoms with E-state index in [9.17, 15) is 9.90 Å². The summed E-state index contributed by atoms with van der Waals surface area (Å²) < 4.78 is 0. The number of carboxylic acids is 1. The van der Waals surface area contributed by atoms with Crippen LogP contribution in [0.3, 0.4) is 0 Å². The first-order valence-corrected chi connectivity index (χ1v) is 7.57. The molecule has 1 saturated carbocycles. The molecule has 1 heterocycles.